The van der Waals surface area contributed by atoms with Crippen LogP contribution in [0.2, 0.25) is 0 Å². The molecule has 2 aliphatic rings. The Hall–Kier alpha value is -2.60. The van der Waals surface area contributed by atoms with Crippen molar-refractivity contribution in [2.24, 2.45) is 0 Å². The normalized spacial score (nSPS) is 22.0. The number of anilines is 1. The zero-order valence-electron chi connectivity index (χ0n) is 16.2. The number of rotatable bonds is 3. The number of hydrogen-bond acceptors (Lipinski definition) is 4. The number of pyridine rings is 1. The van der Waals surface area contributed by atoms with Crippen LogP contribution in [-0.2, 0) is 17.7 Å². The fourth-order valence-electron chi connectivity index (χ4n) is 4.54. The number of fused-ring (bicyclic) bond motifs is 3. The summed E-state index contributed by atoms with van der Waals surface area (Å²) in [7, 11) is 0. The first-order valence-electron chi connectivity index (χ1n) is 10.2. The number of aryl methyl sites for hydroxylation is 1. The van der Waals surface area contributed by atoms with Gasteiger partial charge in [0.1, 0.15) is 5.82 Å². The Morgan fingerprint density at radius 1 is 1.25 bits per heavy atom. The van der Waals surface area contributed by atoms with E-state index in [9.17, 15) is 4.79 Å². The topological polar surface area (TPSA) is 61.1 Å². The highest BCUT2D eigenvalue weighted by molar-refractivity contribution is 5.86. The van der Waals surface area contributed by atoms with Crippen molar-refractivity contribution in [3.8, 4) is 0 Å². The summed E-state index contributed by atoms with van der Waals surface area (Å²) in [6, 6.07) is 10.4. The van der Waals surface area contributed by atoms with Crippen LogP contribution in [0.15, 0.2) is 41.3 Å². The highest BCUT2D eigenvalue weighted by Crippen LogP contribution is 2.35. The minimum atomic E-state index is -0.00137. The van der Waals surface area contributed by atoms with Crippen molar-refractivity contribution in [3.63, 3.8) is 0 Å². The molecular formula is C22H26N4O2. The summed E-state index contributed by atoms with van der Waals surface area (Å²) in [5.74, 6) is 0.936. The molecule has 1 saturated heterocycles. The maximum absolute atomic E-state index is 12.3. The Morgan fingerprint density at radius 3 is 3.00 bits per heavy atom. The summed E-state index contributed by atoms with van der Waals surface area (Å²) in [6.07, 6.45) is 6.11. The van der Waals surface area contributed by atoms with Crippen molar-refractivity contribution in [2.45, 2.75) is 51.2 Å². The van der Waals surface area contributed by atoms with Crippen molar-refractivity contribution in [1.29, 1.82) is 0 Å². The monoisotopic (exact) mass is 378 g/mol. The summed E-state index contributed by atoms with van der Waals surface area (Å²) in [4.78, 5) is 17.4. The third-order valence-electron chi connectivity index (χ3n) is 5.98. The van der Waals surface area contributed by atoms with Gasteiger partial charge < -0.3 is 19.2 Å². The molecule has 0 spiro atoms. The lowest BCUT2D eigenvalue weighted by Crippen LogP contribution is -2.26. The molecule has 0 unspecified atom stereocenters. The van der Waals surface area contributed by atoms with E-state index in [4.69, 9.17) is 9.72 Å². The SMILES string of the molecule is C[C@H]1CCc2c(ccc3c2nc(Cn2ccccc2=O)n3[C@@H]2CCCOC2)N1. The van der Waals surface area contributed by atoms with E-state index in [1.54, 1.807) is 16.7 Å². The van der Waals surface area contributed by atoms with Crippen molar-refractivity contribution < 1.29 is 4.74 Å². The second-order valence-corrected chi connectivity index (χ2v) is 7.98. The molecule has 4 heterocycles. The van der Waals surface area contributed by atoms with Crippen LogP contribution in [0.5, 0.6) is 0 Å². The minimum Gasteiger partial charge on any atom is -0.382 e. The third-order valence-corrected chi connectivity index (χ3v) is 5.98. The van der Waals surface area contributed by atoms with Gasteiger partial charge in [0.05, 0.1) is 30.2 Å². The molecule has 0 aliphatic carbocycles. The second kappa shape index (κ2) is 7.09. The lowest BCUT2D eigenvalue weighted by Gasteiger charge is -2.27. The Bertz CT molecular complexity index is 1060. The number of benzene rings is 1. The molecule has 146 valence electrons. The zero-order valence-corrected chi connectivity index (χ0v) is 16.2. The van der Waals surface area contributed by atoms with Crippen LogP contribution in [0, 0.1) is 0 Å². The van der Waals surface area contributed by atoms with E-state index in [1.165, 1.54) is 11.3 Å². The predicted molar refractivity (Wildman–Crippen MR) is 110 cm³/mol. The molecule has 0 radical (unpaired) electrons. The zero-order chi connectivity index (χ0) is 19.1. The molecule has 2 aliphatic heterocycles. The Kier molecular flexibility index (Phi) is 4.43. The average molecular weight is 378 g/mol. The molecule has 2 atom stereocenters. The van der Waals surface area contributed by atoms with Crippen LogP contribution in [0.25, 0.3) is 11.0 Å². The fraction of sp³-hybridized carbons (Fsp3) is 0.455. The Morgan fingerprint density at radius 2 is 2.18 bits per heavy atom. The quantitative estimate of drug-likeness (QED) is 0.759. The van der Waals surface area contributed by atoms with Gasteiger partial charge in [-0.25, -0.2) is 4.98 Å². The van der Waals surface area contributed by atoms with Crippen LogP contribution >= 0.6 is 0 Å². The molecule has 28 heavy (non-hydrogen) atoms. The highest BCUT2D eigenvalue weighted by atomic mass is 16.5. The summed E-state index contributed by atoms with van der Waals surface area (Å²) in [5, 5.41) is 3.59. The first-order chi connectivity index (χ1) is 13.7. The molecule has 6 heteroatoms. The molecule has 1 N–H and O–H groups in total. The highest BCUT2D eigenvalue weighted by Gasteiger charge is 2.25. The third kappa shape index (κ3) is 3.02. The van der Waals surface area contributed by atoms with Gasteiger partial charge in [0.15, 0.2) is 0 Å². The summed E-state index contributed by atoms with van der Waals surface area (Å²) in [5.41, 5.74) is 4.72. The molecule has 5 rings (SSSR count). The van der Waals surface area contributed by atoms with Crippen LogP contribution in [0.3, 0.4) is 0 Å². The molecule has 2 aromatic heterocycles. The lowest BCUT2D eigenvalue weighted by atomic mass is 9.97. The number of imidazole rings is 1. The molecule has 0 saturated carbocycles. The number of hydrogen-bond donors (Lipinski definition) is 1. The standard InChI is InChI=1S/C22H26N4O2/c1-15-7-8-17-18(23-15)9-10-19-22(17)24-20(13-25-11-3-2-6-21(25)27)26(19)16-5-4-12-28-14-16/h2-3,6,9-11,15-16,23H,4-5,7-8,12-14H2,1H3/t15-,16+/m0/s1. The molecule has 6 nitrogen and oxygen atoms in total. The van der Waals surface area contributed by atoms with Crippen LogP contribution in [-0.4, -0.2) is 33.4 Å². The van der Waals surface area contributed by atoms with E-state index in [-0.39, 0.29) is 11.6 Å². The number of aromatic nitrogens is 3. The van der Waals surface area contributed by atoms with Gasteiger partial charge in [-0.2, -0.15) is 0 Å². The van der Waals surface area contributed by atoms with Crippen molar-refractivity contribution in [2.75, 3.05) is 18.5 Å². The maximum atomic E-state index is 12.3. The van der Waals surface area contributed by atoms with Gasteiger partial charge in [-0.1, -0.05) is 6.07 Å². The maximum Gasteiger partial charge on any atom is 0.250 e. The van der Waals surface area contributed by atoms with E-state index in [1.807, 2.05) is 12.3 Å². The van der Waals surface area contributed by atoms with Crippen molar-refractivity contribution >= 4 is 16.7 Å². The Balaban J connectivity index is 1.66. The predicted octanol–water partition coefficient (Wildman–Crippen LogP) is 3.34. The fourth-order valence-corrected chi connectivity index (χ4v) is 4.54. The summed E-state index contributed by atoms with van der Waals surface area (Å²) < 4.78 is 9.84. The number of nitrogens with zero attached hydrogens (tertiary/aromatic N) is 3. The minimum absolute atomic E-state index is 0.00137. The molecule has 0 amide bonds. The van der Waals surface area contributed by atoms with Gasteiger partial charge in [0, 0.05) is 36.2 Å². The average Bonchev–Trinajstić information content (AvgIpc) is 3.08. The molecule has 0 bridgehead atoms. The first kappa shape index (κ1) is 17.5. The number of ether oxygens (including phenoxy) is 1. The second-order valence-electron chi connectivity index (χ2n) is 7.98. The number of nitrogens with one attached hydrogen (secondary N) is 1. The van der Waals surface area contributed by atoms with E-state index in [0.717, 1.165) is 49.1 Å². The first-order valence-corrected chi connectivity index (χ1v) is 10.2. The van der Waals surface area contributed by atoms with E-state index in [2.05, 4.69) is 28.9 Å². The Labute approximate surface area is 164 Å². The lowest BCUT2D eigenvalue weighted by molar-refractivity contribution is 0.0594. The molecule has 3 aromatic rings. The van der Waals surface area contributed by atoms with Crippen LogP contribution < -0.4 is 10.9 Å². The van der Waals surface area contributed by atoms with Crippen LogP contribution in [0.1, 0.15) is 43.6 Å². The van der Waals surface area contributed by atoms with Crippen molar-refractivity contribution in [1.82, 2.24) is 14.1 Å². The van der Waals surface area contributed by atoms with Gasteiger partial charge >= 0.3 is 0 Å². The van der Waals surface area contributed by atoms with Gasteiger partial charge in [-0.05, 0) is 50.8 Å². The largest absolute Gasteiger partial charge is 0.382 e. The van der Waals surface area contributed by atoms with Crippen LogP contribution in [0.4, 0.5) is 5.69 Å². The smallest absolute Gasteiger partial charge is 0.250 e. The summed E-state index contributed by atoms with van der Waals surface area (Å²) in [6.45, 7) is 4.23. The van der Waals surface area contributed by atoms with Gasteiger partial charge in [-0.15, -0.1) is 0 Å². The molecular weight excluding hydrogens is 352 g/mol. The summed E-state index contributed by atoms with van der Waals surface area (Å²) >= 11 is 0. The van der Waals surface area contributed by atoms with E-state index < -0.39 is 0 Å². The molecule has 1 fully saturated rings. The molecule has 1 aromatic carbocycles. The van der Waals surface area contributed by atoms with Gasteiger partial charge in [0.2, 0.25) is 0 Å². The van der Waals surface area contributed by atoms with E-state index >= 15 is 0 Å². The van der Waals surface area contributed by atoms with Crippen molar-refractivity contribution in [3.05, 3.63) is 58.3 Å². The van der Waals surface area contributed by atoms with Gasteiger partial charge in [0.25, 0.3) is 5.56 Å². The van der Waals surface area contributed by atoms with E-state index in [0.29, 0.717) is 19.2 Å². The van der Waals surface area contributed by atoms with Gasteiger partial charge in [-0.3, -0.25) is 4.79 Å².